The highest BCUT2D eigenvalue weighted by Gasteiger charge is 2.20. The summed E-state index contributed by atoms with van der Waals surface area (Å²) in [4.78, 5) is 29.7. The molecule has 0 radical (unpaired) electrons. The molecule has 1 unspecified atom stereocenters. The molecule has 1 N–H and O–H groups in total. The normalized spacial score (nSPS) is 11.7. The molecular formula is C20H20N2O4S. The van der Waals surface area contributed by atoms with Gasteiger partial charge in [-0.3, -0.25) is 9.59 Å². The van der Waals surface area contributed by atoms with E-state index in [1.807, 2.05) is 47.8 Å². The molecule has 2 heterocycles. The van der Waals surface area contributed by atoms with Crippen LogP contribution in [0.25, 0.3) is 10.8 Å². The zero-order valence-corrected chi connectivity index (χ0v) is 15.7. The third-order valence-electron chi connectivity index (χ3n) is 3.84. The fourth-order valence-electron chi connectivity index (χ4n) is 2.64. The summed E-state index contributed by atoms with van der Waals surface area (Å²) >= 11 is 1.52. The monoisotopic (exact) mass is 384 g/mol. The van der Waals surface area contributed by atoms with E-state index < -0.39 is 6.04 Å². The second-order valence-corrected chi connectivity index (χ2v) is 6.79. The number of carbonyl (C=O) groups excluding carboxylic acids is 2. The fraction of sp³-hybridized carbons (Fsp3) is 0.250. The van der Waals surface area contributed by atoms with Crippen molar-refractivity contribution in [3.63, 3.8) is 0 Å². The molecule has 6 nitrogen and oxygen atoms in total. The van der Waals surface area contributed by atoms with Gasteiger partial charge in [0.15, 0.2) is 0 Å². The van der Waals surface area contributed by atoms with E-state index in [2.05, 4.69) is 10.3 Å². The van der Waals surface area contributed by atoms with Crippen LogP contribution < -0.4 is 5.32 Å². The molecule has 0 aliphatic carbocycles. The Morgan fingerprint density at radius 3 is 2.74 bits per heavy atom. The number of hydrogen-bond donors (Lipinski definition) is 1. The molecule has 0 saturated carbocycles. The Labute approximate surface area is 161 Å². The fourth-order valence-corrected chi connectivity index (χ4v) is 3.29. The Balaban J connectivity index is 1.66. The van der Waals surface area contributed by atoms with E-state index in [4.69, 9.17) is 9.15 Å². The number of thiophene rings is 1. The van der Waals surface area contributed by atoms with E-state index in [1.54, 1.807) is 6.92 Å². The third-order valence-corrected chi connectivity index (χ3v) is 4.70. The van der Waals surface area contributed by atoms with Gasteiger partial charge in [-0.1, -0.05) is 36.4 Å². The van der Waals surface area contributed by atoms with Crippen molar-refractivity contribution in [2.75, 3.05) is 6.61 Å². The summed E-state index contributed by atoms with van der Waals surface area (Å²) < 4.78 is 10.5. The van der Waals surface area contributed by atoms with Crippen LogP contribution in [0.15, 0.2) is 58.5 Å². The van der Waals surface area contributed by atoms with Gasteiger partial charge in [-0.15, -0.1) is 11.3 Å². The molecule has 27 heavy (non-hydrogen) atoms. The number of benzene rings is 1. The van der Waals surface area contributed by atoms with Gasteiger partial charge in [0.25, 0.3) is 0 Å². The molecule has 0 aliphatic rings. The molecule has 0 fully saturated rings. The molecule has 3 aromatic rings. The average Bonchev–Trinajstić information content (AvgIpc) is 3.33. The number of nitrogens with zero attached hydrogens (tertiary/aromatic N) is 1. The Morgan fingerprint density at radius 2 is 2.04 bits per heavy atom. The van der Waals surface area contributed by atoms with Gasteiger partial charge in [-0.2, -0.15) is 0 Å². The SMILES string of the molecule is CCOC(=O)CC(NC(=O)Cc1coc(-c2cccs2)n1)c1ccccc1. The molecule has 7 heteroatoms. The van der Waals surface area contributed by atoms with Gasteiger partial charge in [0, 0.05) is 0 Å². The third kappa shape index (κ3) is 5.27. The van der Waals surface area contributed by atoms with Gasteiger partial charge in [0.1, 0.15) is 6.26 Å². The van der Waals surface area contributed by atoms with Gasteiger partial charge in [0.05, 0.1) is 36.1 Å². The molecule has 0 bridgehead atoms. The van der Waals surface area contributed by atoms with Gasteiger partial charge >= 0.3 is 5.97 Å². The first-order chi connectivity index (χ1) is 13.2. The Kier molecular flexibility index (Phi) is 6.38. The summed E-state index contributed by atoms with van der Waals surface area (Å²) in [7, 11) is 0. The lowest BCUT2D eigenvalue weighted by molar-refractivity contribution is -0.143. The van der Waals surface area contributed by atoms with E-state index in [0.29, 0.717) is 18.2 Å². The quantitative estimate of drug-likeness (QED) is 0.598. The van der Waals surface area contributed by atoms with E-state index in [9.17, 15) is 9.59 Å². The highest BCUT2D eigenvalue weighted by atomic mass is 32.1. The Bertz CT molecular complexity index is 875. The molecule has 140 valence electrons. The van der Waals surface area contributed by atoms with Crippen molar-refractivity contribution in [1.29, 1.82) is 0 Å². The van der Waals surface area contributed by atoms with Gasteiger partial charge in [-0.05, 0) is 23.9 Å². The molecule has 2 aromatic heterocycles. The van der Waals surface area contributed by atoms with Gasteiger partial charge in [0.2, 0.25) is 11.8 Å². The minimum Gasteiger partial charge on any atom is -0.466 e. The van der Waals surface area contributed by atoms with Crippen LogP contribution in [0.4, 0.5) is 0 Å². The zero-order chi connectivity index (χ0) is 19.1. The molecular weight excluding hydrogens is 364 g/mol. The number of oxazole rings is 1. The molecule has 0 aliphatic heterocycles. The van der Waals surface area contributed by atoms with Crippen LogP contribution in [0.5, 0.6) is 0 Å². The summed E-state index contributed by atoms with van der Waals surface area (Å²) in [6.07, 6.45) is 1.63. The number of carbonyl (C=O) groups is 2. The van der Waals surface area contributed by atoms with Crippen LogP contribution in [0.3, 0.4) is 0 Å². The van der Waals surface area contributed by atoms with Crippen LogP contribution in [-0.2, 0) is 20.7 Å². The van der Waals surface area contributed by atoms with E-state index in [0.717, 1.165) is 10.4 Å². The number of aromatic nitrogens is 1. The summed E-state index contributed by atoms with van der Waals surface area (Å²) in [5.74, 6) is -0.0915. The maximum atomic E-state index is 12.5. The van der Waals surface area contributed by atoms with Crippen molar-refractivity contribution in [3.8, 4) is 10.8 Å². The topological polar surface area (TPSA) is 81.4 Å². The zero-order valence-electron chi connectivity index (χ0n) is 14.9. The number of rotatable bonds is 8. The minimum absolute atomic E-state index is 0.0705. The first-order valence-electron chi connectivity index (χ1n) is 8.64. The van der Waals surface area contributed by atoms with Gasteiger partial charge in [-0.25, -0.2) is 4.98 Å². The molecule has 1 amide bonds. The van der Waals surface area contributed by atoms with E-state index in [1.165, 1.54) is 17.6 Å². The number of esters is 1. The van der Waals surface area contributed by atoms with Crippen LogP contribution in [0.1, 0.15) is 30.6 Å². The lowest BCUT2D eigenvalue weighted by Gasteiger charge is -2.18. The second-order valence-electron chi connectivity index (χ2n) is 5.84. The Morgan fingerprint density at radius 1 is 1.22 bits per heavy atom. The summed E-state index contributed by atoms with van der Waals surface area (Å²) in [6, 6.07) is 12.7. The predicted octanol–water partition coefficient (Wildman–Crippen LogP) is 3.76. The summed E-state index contributed by atoms with van der Waals surface area (Å²) in [5, 5.41) is 4.83. The van der Waals surface area contributed by atoms with Crippen molar-refractivity contribution in [2.24, 2.45) is 0 Å². The van der Waals surface area contributed by atoms with E-state index >= 15 is 0 Å². The Hall–Kier alpha value is -2.93. The van der Waals surface area contributed by atoms with Crippen molar-refractivity contribution in [3.05, 3.63) is 65.4 Å². The highest BCUT2D eigenvalue weighted by Crippen LogP contribution is 2.24. The second kappa shape index (κ2) is 9.14. The first kappa shape index (κ1) is 18.8. The number of nitrogens with one attached hydrogen (secondary N) is 1. The molecule has 3 rings (SSSR count). The maximum Gasteiger partial charge on any atom is 0.308 e. The standard InChI is InChI=1S/C20H20N2O4S/c1-2-25-19(24)12-16(14-7-4-3-5-8-14)22-18(23)11-15-13-26-20(21-15)17-9-6-10-27-17/h3-10,13,16H,2,11-12H2,1H3,(H,22,23). The number of hydrogen-bond acceptors (Lipinski definition) is 6. The molecule has 0 spiro atoms. The highest BCUT2D eigenvalue weighted by molar-refractivity contribution is 7.13. The number of ether oxygens (including phenoxy) is 1. The first-order valence-corrected chi connectivity index (χ1v) is 9.52. The van der Waals surface area contributed by atoms with Gasteiger partial charge < -0.3 is 14.5 Å². The smallest absolute Gasteiger partial charge is 0.308 e. The van der Waals surface area contributed by atoms with Crippen molar-refractivity contribution >= 4 is 23.2 Å². The lowest BCUT2D eigenvalue weighted by atomic mass is 10.0. The molecule has 1 aromatic carbocycles. The lowest BCUT2D eigenvalue weighted by Crippen LogP contribution is -2.31. The van der Waals surface area contributed by atoms with Crippen molar-refractivity contribution in [2.45, 2.75) is 25.8 Å². The van der Waals surface area contributed by atoms with Crippen LogP contribution >= 0.6 is 11.3 Å². The maximum absolute atomic E-state index is 12.5. The van der Waals surface area contributed by atoms with Crippen LogP contribution in [0, 0.1) is 0 Å². The largest absolute Gasteiger partial charge is 0.466 e. The van der Waals surface area contributed by atoms with Crippen molar-refractivity contribution in [1.82, 2.24) is 10.3 Å². The summed E-state index contributed by atoms with van der Waals surface area (Å²) in [6.45, 7) is 2.06. The summed E-state index contributed by atoms with van der Waals surface area (Å²) in [5.41, 5.74) is 1.39. The van der Waals surface area contributed by atoms with Crippen LogP contribution in [0.2, 0.25) is 0 Å². The molecule has 1 atom stereocenters. The average molecular weight is 384 g/mol. The molecule has 0 saturated heterocycles. The minimum atomic E-state index is -0.457. The van der Waals surface area contributed by atoms with Crippen LogP contribution in [-0.4, -0.2) is 23.5 Å². The predicted molar refractivity (Wildman–Crippen MR) is 102 cm³/mol. The number of amides is 1. The van der Waals surface area contributed by atoms with Crippen molar-refractivity contribution < 1.29 is 18.7 Å². The van der Waals surface area contributed by atoms with E-state index in [-0.39, 0.29) is 24.7 Å².